The van der Waals surface area contributed by atoms with E-state index >= 15 is 0 Å². The Morgan fingerprint density at radius 2 is 1.04 bits per heavy atom. The van der Waals surface area contributed by atoms with Gasteiger partial charge in [-0.3, -0.25) is 38.1 Å². The molecule has 4 heterocycles. The van der Waals surface area contributed by atoms with Crippen molar-refractivity contribution in [3.8, 4) is 23.6 Å². The summed E-state index contributed by atoms with van der Waals surface area (Å²) in [5.41, 5.74) is 2.34. The molecule has 0 aliphatic carbocycles. The summed E-state index contributed by atoms with van der Waals surface area (Å²) in [4.78, 5) is 83.2. The van der Waals surface area contributed by atoms with Gasteiger partial charge in [0.25, 0.3) is 22.9 Å². The van der Waals surface area contributed by atoms with E-state index in [1.165, 1.54) is 38.7 Å². The molecule has 22 heteroatoms. The van der Waals surface area contributed by atoms with Gasteiger partial charge in [0.15, 0.2) is 24.4 Å². The Labute approximate surface area is 475 Å². The Kier molecular flexibility index (Phi) is 21.9. The Morgan fingerprint density at radius 1 is 0.617 bits per heavy atom. The minimum absolute atomic E-state index is 0.0400. The van der Waals surface area contributed by atoms with Crippen LogP contribution in [0.3, 0.4) is 0 Å². The van der Waals surface area contributed by atoms with Crippen LogP contribution in [0, 0.1) is 22.7 Å². The smallest absolute Gasteiger partial charge is 0.352 e. The number of benzene rings is 4. The number of esters is 1. The molecule has 0 atom stereocenters. The fourth-order valence-electron chi connectivity index (χ4n) is 8.68. The van der Waals surface area contributed by atoms with E-state index in [1.807, 2.05) is 52.3 Å². The number of rotatable bonds is 20. The average Bonchev–Trinajstić information content (AvgIpc) is 3.98. The van der Waals surface area contributed by atoms with Crippen LogP contribution in [0.5, 0.6) is 11.5 Å². The number of amides is 2. The van der Waals surface area contributed by atoms with Crippen LogP contribution in [0.2, 0.25) is 0 Å². The van der Waals surface area contributed by atoms with E-state index in [2.05, 4.69) is 51.3 Å². The number of carbonyl (C=O) groups is 4. The first-order valence-electron chi connectivity index (χ1n) is 26.1. The molecule has 4 aromatic carbocycles. The van der Waals surface area contributed by atoms with Crippen LogP contribution in [0.25, 0.3) is 23.5 Å². The van der Waals surface area contributed by atoms with Crippen LogP contribution < -0.4 is 49.6 Å². The highest BCUT2D eigenvalue weighted by Gasteiger charge is 2.24. The van der Waals surface area contributed by atoms with E-state index in [0.717, 1.165) is 61.9 Å². The highest BCUT2D eigenvalue weighted by atomic mass is 32.1. The third-order valence-electron chi connectivity index (χ3n) is 12.9. The van der Waals surface area contributed by atoms with Crippen molar-refractivity contribution < 1.29 is 38.5 Å². The Hall–Kier alpha value is -9.06. The maximum Gasteiger partial charge on any atom is 0.352 e. The molecule has 2 aromatic heterocycles. The molecule has 8 rings (SSSR count). The number of carboxylic acids is 1. The van der Waals surface area contributed by atoms with E-state index in [-0.39, 0.29) is 75.3 Å². The standard InChI is InChI=1S/C31H33N5O5S.C28H29N5O5S/c1-3-17-40-31(39)26(19-32)30-36(4-2)29(38)27(42-30)20-33-24-11-8-12-25(18-24)41-22-28(37)35-15-13-34(14-16-35)21-23-9-6-5-7-10-23;1-2-33-26(35)24(39-27(33)23(16-29)28(36)37)17-30-21-9-6-10-22(15-21)38-19-25(34)32-13-11-31(12-14-32)18-20-7-4-3-5-8-20/h3,5-12,18,20,33H,1,4,13-17,21-22H2,2H3;3-10,15,17,30H,2,11-14,18-19H2,1H3,(H,36,37). The molecule has 2 aliphatic heterocycles. The highest BCUT2D eigenvalue weighted by molar-refractivity contribution is 7.08. The van der Waals surface area contributed by atoms with Crippen LogP contribution in [0.15, 0.2) is 131 Å². The summed E-state index contributed by atoms with van der Waals surface area (Å²) in [5.74, 6) is -1.33. The number of aliphatic carboxylic acids is 1. The number of nitriles is 2. The number of hydrogen-bond donors (Lipinski definition) is 3. The number of anilines is 2. The summed E-state index contributed by atoms with van der Waals surface area (Å²) < 4.78 is 20.0. The first-order chi connectivity index (χ1) is 39.3. The quantitative estimate of drug-likeness (QED) is 0.0734. The van der Waals surface area contributed by atoms with E-state index in [0.29, 0.717) is 53.6 Å². The van der Waals surface area contributed by atoms with E-state index in [1.54, 1.807) is 68.4 Å². The number of aromatic nitrogens is 2. The van der Waals surface area contributed by atoms with Crippen molar-refractivity contribution in [2.24, 2.45) is 0 Å². The highest BCUT2D eigenvalue weighted by Crippen LogP contribution is 2.20. The fourth-order valence-corrected chi connectivity index (χ4v) is 10.8. The fraction of sp³-hybridized carbons (Fsp3) is 0.288. The number of nitrogens with one attached hydrogen (secondary N) is 2. The maximum atomic E-state index is 12.9. The van der Waals surface area contributed by atoms with Crippen molar-refractivity contribution >= 4 is 81.3 Å². The van der Waals surface area contributed by atoms with Crippen LogP contribution >= 0.6 is 22.7 Å². The van der Waals surface area contributed by atoms with Gasteiger partial charge in [-0.1, -0.05) is 85.5 Å². The molecule has 0 radical (unpaired) electrons. The van der Waals surface area contributed by atoms with Crippen molar-refractivity contribution in [2.45, 2.75) is 40.0 Å². The second-order valence-electron chi connectivity index (χ2n) is 18.3. The number of hydrogen-bond acceptors (Lipinski definition) is 17. The number of carbonyl (C=O) groups excluding carboxylic acids is 3. The lowest BCUT2D eigenvalue weighted by Crippen LogP contribution is -2.49. The topological polar surface area (TPSA) is 245 Å². The summed E-state index contributed by atoms with van der Waals surface area (Å²) in [7, 11) is 0. The van der Waals surface area contributed by atoms with Gasteiger partial charge in [0.1, 0.15) is 48.6 Å². The van der Waals surface area contributed by atoms with Gasteiger partial charge in [-0.15, -0.1) is 22.7 Å². The first-order valence-corrected chi connectivity index (χ1v) is 27.7. The molecule has 2 amide bonds. The van der Waals surface area contributed by atoms with Crippen molar-refractivity contribution in [1.82, 2.24) is 28.7 Å². The summed E-state index contributed by atoms with van der Waals surface area (Å²) >= 11 is 1.95. The number of piperazine rings is 2. The number of nitrogens with zero attached hydrogens (tertiary/aromatic N) is 8. The Balaban J connectivity index is 0.000000234. The SMILES string of the molecule is C=CCOC(=O)C(C#N)=c1sc(=CNc2cccc(OCC(=O)N3CCN(Cc4ccccc4)CC3)c2)c(=O)n1CC.CCn1c(=C(C#N)C(=O)O)sc(=CNc2cccc(OCC(=O)N3CCN(Cc4ccccc4)CC3)c2)c1=O. The van der Waals surface area contributed by atoms with Crippen molar-refractivity contribution in [3.63, 3.8) is 0 Å². The molecule has 0 bridgehead atoms. The van der Waals surface area contributed by atoms with Crippen molar-refractivity contribution in [2.75, 3.05) is 82.8 Å². The normalized spacial score (nSPS) is 14.8. The Bertz CT molecular complexity index is 3660. The first kappa shape index (κ1) is 59.6. The molecule has 0 saturated carbocycles. The van der Waals surface area contributed by atoms with Gasteiger partial charge in [-0.2, -0.15) is 10.5 Å². The number of thiazole rings is 2. The molecule has 3 N–H and O–H groups in total. The number of carboxylic acid groups (broad SMARTS) is 1. The van der Waals surface area contributed by atoms with Crippen molar-refractivity contribution in [3.05, 3.63) is 172 Å². The van der Waals surface area contributed by atoms with Gasteiger partial charge >= 0.3 is 11.9 Å². The second kappa shape index (κ2) is 29.8. The van der Waals surface area contributed by atoms with Crippen LogP contribution in [-0.2, 0) is 50.1 Å². The third kappa shape index (κ3) is 16.5. The minimum atomic E-state index is -1.38. The minimum Gasteiger partial charge on any atom is -0.484 e. The lowest BCUT2D eigenvalue weighted by Gasteiger charge is -2.34. The van der Waals surface area contributed by atoms with Gasteiger partial charge in [-0.25, -0.2) is 9.59 Å². The molecule has 0 unspecified atom stereocenters. The van der Waals surface area contributed by atoms with Gasteiger partial charge in [0.2, 0.25) is 0 Å². The average molecular weight is 1140 g/mol. The van der Waals surface area contributed by atoms with Crippen LogP contribution in [0.1, 0.15) is 25.0 Å². The molecule has 2 aliphatic rings. The zero-order chi connectivity index (χ0) is 57.7. The molecule has 2 fully saturated rings. The summed E-state index contributed by atoms with van der Waals surface area (Å²) in [5, 5.41) is 34.1. The van der Waals surface area contributed by atoms with E-state index < -0.39 is 17.5 Å². The molecule has 2 saturated heterocycles. The molecule has 420 valence electrons. The molecular formula is C59H62N10O10S2. The predicted molar refractivity (Wildman–Crippen MR) is 310 cm³/mol. The largest absolute Gasteiger partial charge is 0.484 e. The monoisotopic (exact) mass is 1130 g/mol. The van der Waals surface area contributed by atoms with E-state index in [9.17, 15) is 44.4 Å². The molecule has 0 spiro atoms. The zero-order valence-corrected chi connectivity index (χ0v) is 46.6. The van der Waals surface area contributed by atoms with E-state index in [4.69, 9.17) is 14.2 Å². The lowest BCUT2D eigenvalue weighted by atomic mass is 10.2. The molecule has 6 aromatic rings. The Morgan fingerprint density at radius 3 is 1.42 bits per heavy atom. The maximum absolute atomic E-state index is 12.9. The summed E-state index contributed by atoms with van der Waals surface area (Å²) in [6.45, 7) is 14.8. The third-order valence-corrected chi connectivity index (χ3v) is 15.2. The second-order valence-corrected chi connectivity index (χ2v) is 20.4. The molecular weight excluding hydrogens is 1070 g/mol. The van der Waals surface area contributed by atoms with Gasteiger partial charge < -0.3 is 39.8 Å². The summed E-state index contributed by atoms with van der Waals surface area (Å²) in [6.07, 6.45) is 4.39. The summed E-state index contributed by atoms with van der Waals surface area (Å²) in [6, 6.07) is 38.1. The number of ether oxygens (including phenoxy) is 3. The van der Waals surface area contributed by atoms with Gasteiger partial charge in [0, 0.05) is 114 Å². The zero-order valence-electron chi connectivity index (χ0n) is 45.0. The van der Waals surface area contributed by atoms with Gasteiger partial charge in [0.05, 0.1) is 0 Å². The van der Waals surface area contributed by atoms with Gasteiger partial charge in [-0.05, 0) is 49.2 Å². The van der Waals surface area contributed by atoms with Crippen molar-refractivity contribution in [1.29, 1.82) is 10.5 Å². The van der Waals surface area contributed by atoms with Crippen LogP contribution in [-0.4, -0.2) is 130 Å². The predicted octanol–water partition coefficient (Wildman–Crippen LogP) is 3.17. The lowest BCUT2D eigenvalue weighted by molar-refractivity contribution is -0.136. The molecule has 81 heavy (non-hydrogen) atoms. The van der Waals surface area contributed by atoms with Crippen LogP contribution in [0.4, 0.5) is 11.4 Å². The molecule has 20 nitrogen and oxygen atoms in total.